The van der Waals surface area contributed by atoms with Crippen molar-refractivity contribution in [2.45, 2.75) is 45.1 Å². The van der Waals surface area contributed by atoms with E-state index in [1.54, 1.807) is 7.11 Å². The zero-order chi connectivity index (χ0) is 9.73. The predicted molar refractivity (Wildman–Crippen MR) is 55.9 cm³/mol. The highest BCUT2D eigenvalue weighted by atomic mass is 16.5. The van der Waals surface area contributed by atoms with Crippen LogP contribution in [0.4, 0.5) is 0 Å². The Bertz CT molecular complexity index is 149. The van der Waals surface area contributed by atoms with Crippen LogP contribution in [0.3, 0.4) is 0 Å². The van der Waals surface area contributed by atoms with Gasteiger partial charge in [-0.05, 0) is 44.6 Å². The van der Waals surface area contributed by atoms with Gasteiger partial charge < -0.3 is 10.1 Å². The van der Waals surface area contributed by atoms with Crippen molar-refractivity contribution in [3.8, 4) is 0 Å². The van der Waals surface area contributed by atoms with Crippen LogP contribution >= 0.6 is 0 Å². The summed E-state index contributed by atoms with van der Waals surface area (Å²) in [5, 5.41) is 3.38. The minimum absolute atomic E-state index is 0.576. The highest BCUT2D eigenvalue weighted by molar-refractivity contribution is 4.88. The van der Waals surface area contributed by atoms with E-state index < -0.39 is 0 Å². The lowest BCUT2D eigenvalue weighted by Gasteiger charge is -2.23. The zero-order valence-electron chi connectivity index (χ0n) is 9.23. The van der Waals surface area contributed by atoms with Gasteiger partial charge in [0.05, 0.1) is 0 Å². The quantitative estimate of drug-likeness (QED) is 0.663. The first-order chi connectivity index (χ1) is 6.20. The summed E-state index contributed by atoms with van der Waals surface area (Å²) in [5.41, 5.74) is 0.576. The number of ether oxygens (including phenoxy) is 1. The molecule has 0 aliphatic heterocycles. The average Bonchev–Trinajstić information content (AvgIpc) is 2.49. The Labute approximate surface area is 82.0 Å². The molecule has 1 aliphatic rings. The fourth-order valence-corrected chi connectivity index (χ4v) is 2.44. The van der Waals surface area contributed by atoms with Gasteiger partial charge in [-0.25, -0.2) is 0 Å². The Morgan fingerprint density at radius 1 is 1.54 bits per heavy atom. The lowest BCUT2D eigenvalue weighted by atomic mass is 9.84. The van der Waals surface area contributed by atoms with Crippen molar-refractivity contribution in [2.24, 2.45) is 5.41 Å². The van der Waals surface area contributed by atoms with Gasteiger partial charge in [-0.15, -0.1) is 0 Å². The van der Waals surface area contributed by atoms with Gasteiger partial charge in [0.2, 0.25) is 0 Å². The highest BCUT2D eigenvalue weighted by Crippen LogP contribution is 2.41. The lowest BCUT2D eigenvalue weighted by molar-refractivity contribution is 0.171. The normalized spacial score (nSPS) is 33.9. The van der Waals surface area contributed by atoms with Gasteiger partial charge in [0.25, 0.3) is 0 Å². The van der Waals surface area contributed by atoms with Crippen LogP contribution in [0.5, 0.6) is 0 Å². The topological polar surface area (TPSA) is 21.3 Å². The summed E-state index contributed by atoms with van der Waals surface area (Å²) in [7, 11) is 3.86. The second kappa shape index (κ2) is 4.97. The lowest BCUT2D eigenvalue weighted by Crippen LogP contribution is -2.23. The molecule has 0 amide bonds. The minimum atomic E-state index is 0.576. The maximum absolute atomic E-state index is 5.08. The second-order valence-corrected chi connectivity index (χ2v) is 4.64. The number of hydrogen-bond donors (Lipinski definition) is 1. The van der Waals surface area contributed by atoms with Gasteiger partial charge in [-0.1, -0.05) is 6.92 Å². The molecule has 78 valence electrons. The van der Waals surface area contributed by atoms with Gasteiger partial charge >= 0.3 is 0 Å². The Hall–Kier alpha value is -0.0800. The van der Waals surface area contributed by atoms with Gasteiger partial charge in [0.1, 0.15) is 0 Å². The summed E-state index contributed by atoms with van der Waals surface area (Å²) in [5.74, 6) is 0. The van der Waals surface area contributed by atoms with Crippen LogP contribution in [-0.4, -0.2) is 26.8 Å². The fraction of sp³-hybridized carbons (Fsp3) is 1.00. The van der Waals surface area contributed by atoms with Crippen LogP contribution in [0.2, 0.25) is 0 Å². The Kier molecular flexibility index (Phi) is 4.20. The van der Waals surface area contributed by atoms with Crippen molar-refractivity contribution in [1.29, 1.82) is 0 Å². The van der Waals surface area contributed by atoms with Crippen molar-refractivity contribution in [2.75, 3.05) is 20.8 Å². The Balaban J connectivity index is 2.23. The van der Waals surface area contributed by atoms with Crippen molar-refractivity contribution in [1.82, 2.24) is 5.32 Å². The molecule has 0 saturated heterocycles. The first-order valence-corrected chi connectivity index (χ1v) is 5.36. The molecule has 0 bridgehead atoms. The van der Waals surface area contributed by atoms with Crippen molar-refractivity contribution in [3.63, 3.8) is 0 Å². The first-order valence-electron chi connectivity index (χ1n) is 5.36. The molecular weight excluding hydrogens is 162 g/mol. The van der Waals surface area contributed by atoms with Crippen LogP contribution in [-0.2, 0) is 4.74 Å². The predicted octanol–water partition coefficient (Wildman–Crippen LogP) is 2.19. The van der Waals surface area contributed by atoms with Crippen LogP contribution < -0.4 is 5.32 Å². The fourth-order valence-electron chi connectivity index (χ4n) is 2.44. The third kappa shape index (κ3) is 3.28. The smallest absolute Gasteiger partial charge is 0.0462 e. The van der Waals surface area contributed by atoms with E-state index in [0.29, 0.717) is 5.41 Å². The second-order valence-electron chi connectivity index (χ2n) is 4.64. The monoisotopic (exact) mass is 185 g/mol. The summed E-state index contributed by atoms with van der Waals surface area (Å²) in [6.45, 7) is 3.33. The molecule has 0 aromatic carbocycles. The standard InChI is InChI=1S/C11H23NO/c1-11(6-4-8-13-3)7-5-10(9-11)12-2/h10,12H,4-9H2,1-3H3. The van der Waals surface area contributed by atoms with Crippen molar-refractivity contribution < 1.29 is 4.74 Å². The maximum atomic E-state index is 5.08. The summed E-state index contributed by atoms with van der Waals surface area (Å²) in [6, 6.07) is 0.757. The van der Waals surface area contributed by atoms with Gasteiger partial charge in [-0.2, -0.15) is 0 Å². The van der Waals surface area contributed by atoms with Crippen LogP contribution in [0.15, 0.2) is 0 Å². The van der Waals surface area contributed by atoms with Crippen LogP contribution in [0, 0.1) is 5.41 Å². The highest BCUT2D eigenvalue weighted by Gasteiger charge is 2.33. The maximum Gasteiger partial charge on any atom is 0.0462 e. The molecular formula is C11H23NO. The molecule has 2 heteroatoms. The molecule has 0 aromatic rings. The number of methoxy groups -OCH3 is 1. The molecule has 2 unspecified atom stereocenters. The first kappa shape index (κ1) is 11.0. The zero-order valence-corrected chi connectivity index (χ0v) is 9.23. The van der Waals surface area contributed by atoms with E-state index in [0.717, 1.165) is 12.6 Å². The summed E-state index contributed by atoms with van der Waals surface area (Å²) in [4.78, 5) is 0. The third-order valence-electron chi connectivity index (χ3n) is 3.37. The molecule has 13 heavy (non-hydrogen) atoms. The molecule has 0 spiro atoms. The molecule has 1 fully saturated rings. The van der Waals surface area contributed by atoms with E-state index in [-0.39, 0.29) is 0 Å². The molecule has 2 atom stereocenters. The number of nitrogens with one attached hydrogen (secondary N) is 1. The molecule has 1 N–H and O–H groups in total. The molecule has 1 saturated carbocycles. The number of hydrogen-bond acceptors (Lipinski definition) is 2. The largest absolute Gasteiger partial charge is 0.385 e. The Morgan fingerprint density at radius 3 is 2.85 bits per heavy atom. The van der Waals surface area contributed by atoms with Crippen LogP contribution in [0.25, 0.3) is 0 Å². The molecule has 0 radical (unpaired) electrons. The van der Waals surface area contributed by atoms with Crippen molar-refractivity contribution >= 4 is 0 Å². The van der Waals surface area contributed by atoms with Gasteiger partial charge in [0.15, 0.2) is 0 Å². The van der Waals surface area contributed by atoms with E-state index in [1.165, 1.54) is 32.1 Å². The minimum Gasteiger partial charge on any atom is -0.385 e. The average molecular weight is 185 g/mol. The summed E-state index contributed by atoms with van der Waals surface area (Å²) < 4.78 is 5.08. The van der Waals surface area contributed by atoms with E-state index in [9.17, 15) is 0 Å². The van der Waals surface area contributed by atoms with E-state index in [1.807, 2.05) is 0 Å². The van der Waals surface area contributed by atoms with Crippen molar-refractivity contribution in [3.05, 3.63) is 0 Å². The molecule has 0 heterocycles. The molecule has 0 aromatic heterocycles. The molecule has 2 nitrogen and oxygen atoms in total. The van der Waals surface area contributed by atoms with Crippen LogP contribution in [0.1, 0.15) is 39.0 Å². The summed E-state index contributed by atoms with van der Waals surface area (Å²) >= 11 is 0. The van der Waals surface area contributed by atoms with Gasteiger partial charge in [0, 0.05) is 19.8 Å². The SMILES string of the molecule is CNC1CCC(C)(CCCOC)C1. The Morgan fingerprint density at radius 2 is 2.31 bits per heavy atom. The molecule has 1 aliphatic carbocycles. The summed E-state index contributed by atoms with van der Waals surface area (Å²) in [6.07, 6.45) is 6.60. The number of rotatable bonds is 5. The third-order valence-corrected chi connectivity index (χ3v) is 3.37. The van der Waals surface area contributed by atoms with E-state index >= 15 is 0 Å². The van der Waals surface area contributed by atoms with E-state index in [4.69, 9.17) is 4.74 Å². The molecule has 1 rings (SSSR count). The van der Waals surface area contributed by atoms with E-state index in [2.05, 4.69) is 19.3 Å². The van der Waals surface area contributed by atoms with Gasteiger partial charge in [-0.3, -0.25) is 0 Å².